The molecule has 3 rings (SSSR count). The van der Waals surface area contributed by atoms with Crippen molar-refractivity contribution in [2.45, 2.75) is 37.4 Å². The maximum Gasteiger partial charge on any atom is 0.416 e. The first-order valence-electron chi connectivity index (χ1n) is 9.73. The second kappa shape index (κ2) is 8.40. The van der Waals surface area contributed by atoms with Crippen molar-refractivity contribution in [1.29, 1.82) is 0 Å². The van der Waals surface area contributed by atoms with Crippen molar-refractivity contribution >= 4 is 21.8 Å². The molecule has 0 aromatic heterocycles. The molecule has 1 aromatic rings. The summed E-state index contributed by atoms with van der Waals surface area (Å²) in [6, 6.07) is 4.31. The van der Waals surface area contributed by atoms with E-state index in [0.717, 1.165) is 16.4 Å². The van der Waals surface area contributed by atoms with Crippen LogP contribution >= 0.6 is 0 Å². The number of amides is 2. The summed E-state index contributed by atoms with van der Waals surface area (Å²) in [4.78, 5) is 25.6. The Labute approximate surface area is 178 Å². The zero-order valence-electron chi connectivity index (χ0n) is 17.0. The van der Waals surface area contributed by atoms with E-state index >= 15 is 0 Å². The van der Waals surface area contributed by atoms with Crippen LogP contribution in [0.4, 0.5) is 13.2 Å². The van der Waals surface area contributed by atoms with Gasteiger partial charge < -0.3 is 15.4 Å². The standard InChI is InChI=1S/C19H24F3N3O5S/c1-12(2)31(28,29)25-10-15(18(11-25)17(27)23-7-8-30-18)16(26)24-9-13-3-5-14(6-4-13)19(20,21)22/h3-6,12,15H,7-11H2,1-2H3,(H,23,27)(H,24,26)/t15-,18-/m1/s1. The molecule has 2 saturated heterocycles. The third kappa shape index (κ3) is 4.55. The lowest BCUT2D eigenvalue weighted by Gasteiger charge is -2.36. The van der Waals surface area contributed by atoms with Crippen LogP contribution in [0.1, 0.15) is 25.0 Å². The SMILES string of the molecule is CC(C)S(=O)(=O)N1C[C@H](C(=O)NCc2ccc(C(F)(F)F)cc2)[C@@]2(C1)OCCNC2=O. The van der Waals surface area contributed by atoms with Gasteiger partial charge in [0.2, 0.25) is 15.9 Å². The number of morpholine rings is 1. The fraction of sp³-hybridized carbons (Fsp3) is 0.579. The minimum Gasteiger partial charge on any atom is -0.361 e. The van der Waals surface area contributed by atoms with Crippen LogP contribution in [-0.4, -0.2) is 61.6 Å². The van der Waals surface area contributed by atoms with Crippen LogP contribution < -0.4 is 10.6 Å². The highest BCUT2D eigenvalue weighted by Crippen LogP contribution is 2.36. The van der Waals surface area contributed by atoms with E-state index in [1.807, 2.05) is 0 Å². The van der Waals surface area contributed by atoms with Crippen LogP contribution in [0.3, 0.4) is 0 Å². The largest absolute Gasteiger partial charge is 0.416 e. The number of hydrogen-bond donors (Lipinski definition) is 2. The molecule has 2 fully saturated rings. The molecule has 0 bridgehead atoms. The van der Waals surface area contributed by atoms with Crippen LogP contribution in [0.2, 0.25) is 0 Å². The first kappa shape index (κ1) is 23.5. The summed E-state index contributed by atoms with van der Waals surface area (Å²) in [5.41, 5.74) is -2.03. The Bertz CT molecular complexity index is 950. The van der Waals surface area contributed by atoms with Crippen LogP contribution in [0, 0.1) is 5.92 Å². The lowest BCUT2D eigenvalue weighted by Crippen LogP contribution is -2.62. The summed E-state index contributed by atoms with van der Waals surface area (Å²) < 4.78 is 70.1. The molecular formula is C19H24F3N3O5S. The van der Waals surface area contributed by atoms with Gasteiger partial charge in [0.05, 0.1) is 29.9 Å². The van der Waals surface area contributed by atoms with Crippen LogP contribution in [0.15, 0.2) is 24.3 Å². The van der Waals surface area contributed by atoms with E-state index in [1.54, 1.807) is 0 Å². The number of nitrogens with zero attached hydrogens (tertiary/aromatic N) is 1. The van der Waals surface area contributed by atoms with E-state index in [1.165, 1.54) is 26.0 Å². The van der Waals surface area contributed by atoms with Crippen molar-refractivity contribution in [3.8, 4) is 0 Å². The van der Waals surface area contributed by atoms with Crippen molar-refractivity contribution in [3.05, 3.63) is 35.4 Å². The van der Waals surface area contributed by atoms with Gasteiger partial charge in [0.25, 0.3) is 5.91 Å². The molecule has 2 amide bonds. The Balaban J connectivity index is 1.78. The zero-order chi connectivity index (χ0) is 23.0. The van der Waals surface area contributed by atoms with Gasteiger partial charge in [0.15, 0.2) is 5.60 Å². The molecule has 1 spiro atoms. The molecule has 0 aliphatic carbocycles. The molecule has 172 valence electrons. The summed E-state index contributed by atoms with van der Waals surface area (Å²) in [5.74, 6) is -2.27. The summed E-state index contributed by atoms with van der Waals surface area (Å²) >= 11 is 0. The number of hydrogen-bond acceptors (Lipinski definition) is 5. The monoisotopic (exact) mass is 463 g/mol. The lowest BCUT2D eigenvalue weighted by atomic mass is 9.87. The fourth-order valence-electron chi connectivity index (χ4n) is 3.69. The Morgan fingerprint density at radius 1 is 1.32 bits per heavy atom. The maximum atomic E-state index is 12.9. The smallest absolute Gasteiger partial charge is 0.361 e. The first-order valence-corrected chi connectivity index (χ1v) is 11.2. The number of carbonyl (C=O) groups is 2. The van der Waals surface area contributed by atoms with Crippen LogP contribution in [0.25, 0.3) is 0 Å². The number of rotatable bonds is 5. The summed E-state index contributed by atoms with van der Waals surface area (Å²) in [6.07, 6.45) is -4.46. The summed E-state index contributed by atoms with van der Waals surface area (Å²) in [7, 11) is -3.74. The maximum absolute atomic E-state index is 12.9. The van der Waals surface area contributed by atoms with E-state index < -0.39 is 50.3 Å². The van der Waals surface area contributed by atoms with Crippen molar-refractivity contribution < 1.29 is 35.9 Å². The zero-order valence-corrected chi connectivity index (χ0v) is 17.8. The normalized spacial score (nSPS) is 25.1. The van der Waals surface area contributed by atoms with Crippen LogP contribution in [0.5, 0.6) is 0 Å². The molecule has 31 heavy (non-hydrogen) atoms. The third-order valence-electron chi connectivity index (χ3n) is 5.51. The number of alkyl halides is 3. The van der Waals surface area contributed by atoms with Gasteiger partial charge in [0, 0.05) is 19.6 Å². The van der Waals surface area contributed by atoms with Gasteiger partial charge in [-0.2, -0.15) is 17.5 Å². The highest BCUT2D eigenvalue weighted by Gasteiger charge is 2.59. The molecule has 0 unspecified atom stereocenters. The Morgan fingerprint density at radius 2 is 1.97 bits per heavy atom. The van der Waals surface area contributed by atoms with Crippen molar-refractivity contribution in [1.82, 2.24) is 14.9 Å². The number of sulfonamides is 1. The molecule has 2 heterocycles. The van der Waals surface area contributed by atoms with E-state index in [0.29, 0.717) is 5.56 Å². The van der Waals surface area contributed by atoms with E-state index in [2.05, 4.69) is 10.6 Å². The first-order chi connectivity index (χ1) is 14.4. The number of halogens is 3. The predicted octanol–water partition coefficient (Wildman–Crippen LogP) is 0.877. The average molecular weight is 463 g/mol. The highest BCUT2D eigenvalue weighted by atomic mass is 32.2. The fourth-order valence-corrected chi connectivity index (χ4v) is 5.01. The molecule has 2 aliphatic heterocycles. The van der Waals surface area contributed by atoms with Gasteiger partial charge in [-0.1, -0.05) is 12.1 Å². The second-order valence-electron chi connectivity index (χ2n) is 7.85. The lowest BCUT2D eigenvalue weighted by molar-refractivity contribution is -0.163. The number of nitrogens with one attached hydrogen (secondary N) is 2. The topological polar surface area (TPSA) is 105 Å². The van der Waals surface area contributed by atoms with Gasteiger partial charge in [-0.05, 0) is 31.5 Å². The van der Waals surface area contributed by atoms with Crippen LogP contribution in [-0.2, 0) is 37.1 Å². The molecule has 12 heteroatoms. The number of benzene rings is 1. The van der Waals surface area contributed by atoms with Gasteiger partial charge in [-0.15, -0.1) is 0 Å². The van der Waals surface area contributed by atoms with Crippen molar-refractivity contribution in [2.75, 3.05) is 26.2 Å². The molecule has 0 saturated carbocycles. The van der Waals surface area contributed by atoms with Gasteiger partial charge in [-0.25, -0.2) is 8.42 Å². The third-order valence-corrected chi connectivity index (χ3v) is 7.70. The average Bonchev–Trinajstić information content (AvgIpc) is 3.09. The minimum atomic E-state index is -4.46. The van der Waals surface area contributed by atoms with Gasteiger partial charge in [-0.3, -0.25) is 9.59 Å². The Hall–Kier alpha value is -2.18. The highest BCUT2D eigenvalue weighted by molar-refractivity contribution is 7.89. The van der Waals surface area contributed by atoms with E-state index in [4.69, 9.17) is 4.74 Å². The quantitative estimate of drug-likeness (QED) is 0.675. The molecule has 2 aliphatic rings. The molecule has 2 N–H and O–H groups in total. The van der Waals surface area contributed by atoms with E-state index in [-0.39, 0.29) is 32.8 Å². The number of carbonyl (C=O) groups excluding carboxylic acids is 2. The second-order valence-corrected chi connectivity index (χ2v) is 10.3. The van der Waals surface area contributed by atoms with E-state index in [9.17, 15) is 31.2 Å². The Morgan fingerprint density at radius 3 is 2.52 bits per heavy atom. The number of ether oxygens (including phenoxy) is 1. The molecular weight excluding hydrogens is 439 g/mol. The predicted molar refractivity (Wildman–Crippen MR) is 104 cm³/mol. The summed E-state index contributed by atoms with van der Waals surface area (Å²) in [5, 5.41) is 4.47. The molecule has 0 radical (unpaired) electrons. The molecule has 2 atom stereocenters. The summed E-state index contributed by atoms with van der Waals surface area (Å²) in [6.45, 7) is 2.79. The molecule has 8 nitrogen and oxygen atoms in total. The molecule has 1 aromatic carbocycles. The Kier molecular flexibility index (Phi) is 6.36. The minimum absolute atomic E-state index is 0.0812. The van der Waals surface area contributed by atoms with Gasteiger partial charge >= 0.3 is 6.18 Å². The van der Waals surface area contributed by atoms with Crippen molar-refractivity contribution in [3.63, 3.8) is 0 Å². The van der Waals surface area contributed by atoms with Crippen molar-refractivity contribution in [2.24, 2.45) is 5.92 Å². The van der Waals surface area contributed by atoms with Gasteiger partial charge in [0.1, 0.15) is 0 Å².